The molecule has 28 heavy (non-hydrogen) atoms. The number of hydrogen-bond donors (Lipinski definition) is 1. The Morgan fingerprint density at radius 3 is 2.11 bits per heavy atom. The van der Waals surface area contributed by atoms with E-state index in [1.807, 2.05) is 26.0 Å². The number of carbonyl (C=O) groups is 1. The van der Waals surface area contributed by atoms with E-state index in [0.29, 0.717) is 38.0 Å². The predicted molar refractivity (Wildman–Crippen MR) is 108 cm³/mol. The first-order valence-corrected chi connectivity index (χ1v) is 10.7. The zero-order chi connectivity index (χ0) is 20.6. The summed E-state index contributed by atoms with van der Waals surface area (Å²) in [6.45, 7) is 4.89. The highest BCUT2D eigenvalue weighted by atomic mass is 32.2. The Balaban J connectivity index is 1.87. The molecule has 0 aliphatic carbocycles. The molecule has 0 saturated carbocycles. The molecule has 0 aromatic heterocycles. The molecule has 148 valence electrons. The lowest BCUT2D eigenvalue weighted by atomic mass is 10.1. The Morgan fingerprint density at radius 1 is 1.00 bits per heavy atom. The van der Waals surface area contributed by atoms with Gasteiger partial charge in [0.15, 0.2) is 0 Å². The standard InChI is InChI=1S/C21H25N3O3S/c1-3-24(4-2)28(26,27)20-12-9-17(10-13-20)11-14-21(25)23-16-19-7-5-18(15-22)6-8-19/h5-10,12-13H,3-4,11,14,16H2,1-2H3,(H,23,25). The summed E-state index contributed by atoms with van der Waals surface area (Å²) in [6, 6.07) is 15.8. The molecule has 2 rings (SSSR count). The molecule has 1 amide bonds. The van der Waals surface area contributed by atoms with Crippen LogP contribution in [0.15, 0.2) is 53.4 Å². The van der Waals surface area contributed by atoms with Gasteiger partial charge in [-0.25, -0.2) is 8.42 Å². The molecule has 0 unspecified atom stereocenters. The maximum Gasteiger partial charge on any atom is 0.243 e. The first-order valence-electron chi connectivity index (χ1n) is 9.25. The molecule has 7 heteroatoms. The Labute approximate surface area is 166 Å². The third kappa shape index (κ3) is 5.65. The normalized spacial score (nSPS) is 11.2. The van der Waals surface area contributed by atoms with Crippen LogP contribution < -0.4 is 5.32 Å². The van der Waals surface area contributed by atoms with Gasteiger partial charge in [-0.1, -0.05) is 38.1 Å². The van der Waals surface area contributed by atoms with Crippen molar-refractivity contribution in [3.8, 4) is 6.07 Å². The topological polar surface area (TPSA) is 90.3 Å². The van der Waals surface area contributed by atoms with Crippen molar-refractivity contribution in [2.24, 2.45) is 0 Å². The van der Waals surface area contributed by atoms with Gasteiger partial charge >= 0.3 is 0 Å². The lowest BCUT2D eigenvalue weighted by Gasteiger charge is -2.18. The number of sulfonamides is 1. The zero-order valence-electron chi connectivity index (χ0n) is 16.2. The molecule has 2 aromatic rings. The second-order valence-corrected chi connectivity index (χ2v) is 8.26. The number of nitriles is 1. The summed E-state index contributed by atoms with van der Waals surface area (Å²) in [6.07, 6.45) is 0.850. The molecule has 0 radical (unpaired) electrons. The van der Waals surface area contributed by atoms with Crippen molar-refractivity contribution in [3.63, 3.8) is 0 Å². The fourth-order valence-corrected chi connectivity index (χ4v) is 4.24. The number of amides is 1. The van der Waals surface area contributed by atoms with Gasteiger partial charge in [0.05, 0.1) is 16.5 Å². The number of nitrogens with zero attached hydrogens (tertiary/aromatic N) is 2. The van der Waals surface area contributed by atoms with Crippen LogP contribution in [-0.2, 0) is 27.8 Å². The Kier molecular flexibility index (Phi) is 7.73. The second kappa shape index (κ2) is 10.0. The highest BCUT2D eigenvalue weighted by molar-refractivity contribution is 7.89. The fourth-order valence-electron chi connectivity index (χ4n) is 2.78. The number of hydrogen-bond acceptors (Lipinski definition) is 4. The fraction of sp³-hybridized carbons (Fsp3) is 0.333. The van der Waals surface area contributed by atoms with Crippen molar-refractivity contribution in [2.45, 2.75) is 38.1 Å². The van der Waals surface area contributed by atoms with Crippen molar-refractivity contribution < 1.29 is 13.2 Å². The lowest BCUT2D eigenvalue weighted by molar-refractivity contribution is -0.121. The van der Waals surface area contributed by atoms with Gasteiger partial charge in [-0.05, 0) is 41.8 Å². The van der Waals surface area contributed by atoms with Gasteiger partial charge in [0.2, 0.25) is 15.9 Å². The molecule has 0 bridgehead atoms. The molecule has 0 saturated heterocycles. The molecule has 0 atom stereocenters. The highest BCUT2D eigenvalue weighted by Crippen LogP contribution is 2.17. The summed E-state index contributed by atoms with van der Waals surface area (Å²) in [5.74, 6) is -0.0794. The third-order valence-corrected chi connectivity index (χ3v) is 6.54. The van der Waals surface area contributed by atoms with Gasteiger partial charge in [-0.2, -0.15) is 9.57 Å². The smallest absolute Gasteiger partial charge is 0.243 e. The summed E-state index contributed by atoms with van der Waals surface area (Å²) in [5.41, 5.74) is 2.42. The van der Waals surface area contributed by atoms with Crippen LogP contribution in [0.3, 0.4) is 0 Å². The quantitative estimate of drug-likeness (QED) is 0.702. The molecule has 0 aliphatic heterocycles. The summed E-state index contributed by atoms with van der Waals surface area (Å²) < 4.78 is 26.4. The van der Waals surface area contributed by atoms with Crippen LogP contribution in [0.4, 0.5) is 0 Å². The number of nitrogens with one attached hydrogen (secondary N) is 1. The van der Waals surface area contributed by atoms with Gasteiger partial charge in [0.1, 0.15) is 0 Å². The van der Waals surface area contributed by atoms with Crippen LogP contribution in [0, 0.1) is 11.3 Å². The van der Waals surface area contributed by atoms with Crippen molar-refractivity contribution in [1.82, 2.24) is 9.62 Å². The van der Waals surface area contributed by atoms with E-state index in [4.69, 9.17) is 5.26 Å². The van der Waals surface area contributed by atoms with Gasteiger partial charge < -0.3 is 5.32 Å². The molecule has 0 heterocycles. The summed E-state index contributed by atoms with van der Waals surface area (Å²) in [7, 11) is -3.46. The van der Waals surface area contributed by atoms with Crippen LogP contribution in [0.2, 0.25) is 0 Å². The summed E-state index contributed by atoms with van der Waals surface area (Å²) >= 11 is 0. The van der Waals surface area contributed by atoms with E-state index >= 15 is 0 Å². The molecule has 2 aromatic carbocycles. The number of aryl methyl sites for hydroxylation is 1. The summed E-state index contributed by atoms with van der Waals surface area (Å²) in [4.78, 5) is 12.3. The molecule has 0 fully saturated rings. The molecule has 0 spiro atoms. The first kappa shape index (κ1) is 21.6. The largest absolute Gasteiger partial charge is 0.352 e. The van der Waals surface area contributed by atoms with E-state index in [1.165, 1.54) is 4.31 Å². The van der Waals surface area contributed by atoms with Crippen molar-refractivity contribution in [1.29, 1.82) is 5.26 Å². The lowest BCUT2D eigenvalue weighted by Crippen LogP contribution is -2.30. The molecule has 0 aliphatic rings. The number of benzene rings is 2. The van der Waals surface area contributed by atoms with E-state index in [0.717, 1.165) is 11.1 Å². The molecular weight excluding hydrogens is 374 g/mol. The second-order valence-electron chi connectivity index (χ2n) is 6.32. The van der Waals surface area contributed by atoms with Gasteiger partial charge in [-0.15, -0.1) is 0 Å². The molecule has 6 nitrogen and oxygen atoms in total. The van der Waals surface area contributed by atoms with Gasteiger partial charge in [0, 0.05) is 26.1 Å². The minimum atomic E-state index is -3.46. The minimum absolute atomic E-state index is 0.0794. The maximum atomic E-state index is 12.5. The predicted octanol–water partition coefficient (Wildman–Crippen LogP) is 2.84. The van der Waals surface area contributed by atoms with Gasteiger partial charge in [0.25, 0.3) is 0 Å². The van der Waals surface area contributed by atoms with Crippen molar-refractivity contribution in [3.05, 3.63) is 65.2 Å². The monoisotopic (exact) mass is 399 g/mol. The molecular formula is C21H25N3O3S. The van der Waals surface area contributed by atoms with E-state index in [2.05, 4.69) is 11.4 Å². The van der Waals surface area contributed by atoms with Crippen LogP contribution in [-0.4, -0.2) is 31.7 Å². The van der Waals surface area contributed by atoms with Crippen LogP contribution in [0.1, 0.15) is 37.0 Å². The Morgan fingerprint density at radius 2 is 1.57 bits per heavy atom. The highest BCUT2D eigenvalue weighted by Gasteiger charge is 2.21. The van der Waals surface area contributed by atoms with E-state index in [1.54, 1.807) is 36.4 Å². The number of rotatable bonds is 9. The average Bonchev–Trinajstić information content (AvgIpc) is 2.72. The van der Waals surface area contributed by atoms with E-state index in [9.17, 15) is 13.2 Å². The Hall–Kier alpha value is -2.69. The number of carbonyl (C=O) groups excluding carboxylic acids is 1. The van der Waals surface area contributed by atoms with E-state index < -0.39 is 10.0 Å². The third-order valence-electron chi connectivity index (χ3n) is 4.48. The first-order chi connectivity index (χ1) is 13.4. The van der Waals surface area contributed by atoms with Gasteiger partial charge in [-0.3, -0.25) is 4.79 Å². The van der Waals surface area contributed by atoms with Crippen molar-refractivity contribution >= 4 is 15.9 Å². The van der Waals surface area contributed by atoms with E-state index in [-0.39, 0.29) is 10.8 Å². The van der Waals surface area contributed by atoms with Crippen LogP contribution in [0.25, 0.3) is 0 Å². The van der Waals surface area contributed by atoms with Crippen LogP contribution in [0.5, 0.6) is 0 Å². The minimum Gasteiger partial charge on any atom is -0.352 e. The maximum absolute atomic E-state index is 12.5. The van der Waals surface area contributed by atoms with Crippen molar-refractivity contribution in [2.75, 3.05) is 13.1 Å². The summed E-state index contributed by atoms with van der Waals surface area (Å²) in [5, 5.41) is 11.6. The van der Waals surface area contributed by atoms with Crippen LogP contribution >= 0.6 is 0 Å². The Bertz CT molecular complexity index is 926. The average molecular weight is 400 g/mol. The SMILES string of the molecule is CCN(CC)S(=O)(=O)c1ccc(CCC(=O)NCc2ccc(C#N)cc2)cc1. The molecule has 1 N–H and O–H groups in total. The zero-order valence-corrected chi connectivity index (χ0v) is 17.0.